The van der Waals surface area contributed by atoms with Crippen LogP contribution in [0.1, 0.15) is 21.5 Å². The minimum Gasteiger partial charge on any atom is -0.365 e. The number of hydrogen-bond acceptors (Lipinski definition) is 2. The molecule has 0 radical (unpaired) electrons. The Bertz CT molecular complexity index is 893. The Morgan fingerprint density at radius 2 is 1.83 bits per heavy atom. The third-order valence-electron chi connectivity index (χ3n) is 4.66. The Morgan fingerprint density at radius 3 is 2.62 bits per heavy atom. The van der Waals surface area contributed by atoms with Crippen LogP contribution in [0.25, 0.3) is 0 Å². The van der Waals surface area contributed by atoms with Gasteiger partial charge in [-0.15, -0.1) is 0 Å². The van der Waals surface area contributed by atoms with Crippen molar-refractivity contribution in [1.29, 1.82) is 0 Å². The van der Waals surface area contributed by atoms with E-state index in [1.165, 1.54) is 11.1 Å². The molecule has 0 N–H and O–H groups in total. The van der Waals surface area contributed by atoms with Gasteiger partial charge in [-0.25, -0.2) is 4.99 Å². The molecule has 1 unspecified atom stereocenters. The molecule has 0 aliphatic heterocycles. The number of fused-ring (bicyclic) bond motifs is 3. The molecule has 0 heterocycles. The maximum absolute atomic E-state index is 12.3. The smallest absolute Gasteiger partial charge is 0.277 e. The molecule has 2 aromatic carbocycles. The van der Waals surface area contributed by atoms with E-state index in [0.717, 1.165) is 12.0 Å². The number of amides is 1. The minimum atomic E-state index is -0.522. The molecule has 3 nitrogen and oxygen atoms in total. The number of nitrogens with zero attached hydrogens (tertiary/aromatic N) is 1. The summed E-state index contributed by atoms with van der Waals surface area (Å²) in [5.74, 6) is -0.229. The van der Waals surface area contributed by atoms with Crippen molar-refractivity contribution >= 4 is 11.6 Å². The fourth-order valence-corrected chi connectivity index (χ4v) is 3.47. The van der Waals surface area contributed by atoms with Crippen molar-refractivity contribution in [3.8, 4) is 0 Å². The quantitative estimate of drug-likeness (QED) is 0.844. The van der Waals surface area contributed by atoms with E-state index in [1.807, 2.05) is 48.6 Å². The van der Waals surface area contributed by atoms with Crippen molar-refractivity contribution in [3.05, 3.63) is 95.1 Å². The van der Waals surface area contributed by atoms with Gasteiger partial charge in [-0.3, -0.25) is 4.79 Å². The lowest BCUT2D eigenvalue weighted by Crippen LogP contribution is -2.28. The summed E-state index contributed by atoms with van der Waals surface area (Å²) in [5, 5.41) is 0. The van der Waals surface area contributed by atoms with Crippen molar-refractivity contribution in [2.24, 2.45) is 4.99 Å². The normalized spacial score (nSPS) is 22.9. The second-order valence-electron chi connectivity index (χ2n) is 5.98. The highest BCUT2D eigenvalue weighted by Crippen LogP contribution is 2.46. The number of benzene rings is 2. The number of carbonyl (C=O) groups excluding carboxylic acids is 1. The first-order valence-electron chi connectivity index (χ1n) is 7.95. The van der Waals surface area contributed by atoms with Gasteiger partial charge in [0.2, 0.25) is 0 Å². The van der Waals surface area contributed by atoms with Crippen LogP contribution in [0, 0.1) is 0 Å². The van der Waals surface area contributed by atoms with E-state index in [9.17, 15) is 4.79 Å². The van der Waals surface area contributed by atoms with E-state index < -0.39 is 5.60 Å². The summed E-state index contributed by atoms with van der Waals surface area (Å²) in [7, 11) is 1.72. The Morgan fingerprint density at radius 1 is 1.08 bits per heavy atom. The summed E-state index contributed by atoms with van der Waals surface area (Å²) in [4.78, 5) is 16.5. The van der Waals surface area contributed by atoms with Crippen molar-refractivity contribution < 1.29 is 9.53 Å². The Labute approximate surface area is 141 Å². The molecule has 0 saturated carbocycles. The molecule has 2 aliphatic carbocycles. The summed E-state index contributed by atoms with van der Waals surface area (Å²) < 4.78 is 5.87. The molecule has 0 bridgehead atoms. The van der Waals surface area contributed by atoms with Crippen LogP contribution in [0.15, 0.2) is 83.4 Å². The number of ether oxygens (including phenoxy) is 1. The standard InChI is InChI=1S/C21H17NO2/c1-24-21-12-11-18(22-20(23)15-7-3-2-4-8-15)14-17(21)13-16-9-5-6-10-19(16)21/h2-12,14H,13H2,1H3. The van der Waals surface area contributed by atoms with Gasteiger partial charge in [0, 0.05) is 12.7 Å². The number of carbonyl (C=O) groups is 1. The summed E-state index contributed by atoms with van der Waals surface area (Å²) >= 11 is 0. The maximum atomic E-state index is 12.3. The molecule has 1 atom stereocenters. The molecule has 24 heavy (non-hydrogen) atoms. The second kappa shape index (κ2) is 5.69. The molecule has 2 aromatic rings. The van der Waals surface area contributed by atoms with Crippen LogP contribution < -0.4 is 0 Å². The van der Waals surface area contributed by atoms with E-state index in [4.69, 9.17) is 4.74 Å². The van der Waals surface area contributed by atoms with E-state index in [2.05, 4.69) is 17.1 Å². The SMILES string of the molecule is COC12C=CC(=NC(=O)c3ccccc3)C=C1Cc1ccccc12. The van der Waals surface area contributed by atoms with Gasteiger partial charge in [0.15, 0.2) is 0 Å². The van der Waals surface area contributed by atoms with Crippen molar-refractivity contribution in [2.75, 3.05) is 7.11 Å². The molecule has 0 spiro atoms. The molecule has 2 aliphatic rings. The Hall–Kier alpha value is -2.78. The zero-order valence-corrected chi connectivity index (χ0v) is 13.4. The van der Waals surface area contributed by atoms with E-state index in [0.29, 0.717) is 11.3 Å². The monoisotopic (exact) mass is 315 g/mol. The molecule has 3 heteroatoms. The summed E-state index contributed by atoms with van der Waals surface area (Å²) in [5.41, 5.74) is 4.28. The van der Waals surface area contributed by atoms with Crippen LogP contribution in [0.5, 0.6) is 0 Å². The molecule has 0 saturated heterocycles. The first-order chi connectivity index (χ1) is 11.7. The highest BCUT2D eigenvalue weighted by atomic mass is 16.5. The van der Waals surface area contributed by atoms with Crippen LogP contribution in [-0.2, 0) is 16.8 Å². The average Bonchev–Trinajstić information content (AvgIpc) is 2.96. The fraction of sp³-hybridized carbons (Fsp3) is 0.143. The number of aliphatic imine (C=N–C) groups is 1. The highest BCUT2D eigenvalue weighted by Gasteiger charge is 2.42. The number of rotatable bonds is 2. The molecule has 0 aromatic heterocycles. The van der Waals surface area contributed by atoms with Crippen LogP contribution >= 0.6 is 0 Å². The fourth-order valence-electron chi connectivity index (χ4n) is 3.47. The predicted molar refractivity (Wildman–Crippen MR) is 94.3 cm³/mol. The van der Waals surface area contributed by atoms with Crippen molar-refractivity contribution in [3.63, 3.8) is 0 Å². The zero-order valence-electron chi connectivity index (χ0n) is 13.4. The largest absolute Gasteiger partial charge is 0.365 e. The third kappa shape index (κ3) is 2.25. The van der Waals surface area contributed by atoms with Crippen LogP contribution in [0.3, 0.4) is 0 Å². The topological polar surface area (TPSA) is 38.7 Å². The summed E-state index contributed by atoms with van der Waals surface area (Å²) in [6, 6.07) is 17.4. The first-order valence-corrected chi connectivity index (χ1v) is 7.95. The van der Waals surface area contributed by atoms with E-state index >= 15 is 0 Å². The van der Waals surface area contributed by atoms with Crippen molar-refractivity contribution in [2.45, 2.75) is 12.0 Å². The lowest BCUT2D eigenvalue weighted by atomic mass is 9.87. The molecule has 4 rings (SSSR count). The maximum Gasteiger partial charge on any atom is 0.277 e. The van der Waals surface area contributed by atoms with Crippen LogP contribution in [-0.4, -0.2) is 18.7 Å². The first kappa shape index (κ1) is 14.8. The summed E-state index contributed by atoms with van der Waals surface area (Å²) in [6.45, 7) is 0. The van der Waals surface area contributed by atoms with E-state index in [-0.39, 0.29) is 5.91 Å². The lowest BCUT2D eigenvalue weighted by Gasteiger charge is -2.29. The van der Waals surface area contributed by atoms with Gasteiger partial charge in [0.05, 0.1) is 5.71 Å². The third-order valence-corrected chi connectivity index (χ3v) is 4.66. The molecule has 118 valence electrons. The van der Waals surface area contributed by atoms with Gasteiger partial charge >= 0.3 is 0 Å². The van der Waals surface area contributed by atoms with Crippen LogP contribution in [0.4, 0.5) is 0 Å². The number of methoxy groups -OCH3 is 1. The van der Waals surface area contributed by atoms with Gasteiger partial charge in [0.25, 0.3) is 5.91 Å². The number of allylic oxidation sites excluding steroid dienone is 2. The van der Waals surface area contributed by atoms with Crippen molar-refractivity contribution in [1.82, 2.24) is 0 Å². The molecular formula is C21H17NO2. The Balaban J connectivity index is 1.71. The van der Waals surface area contributed by atoms with Gasteiger partial charge in [-0.2, -0.15) is 0 Å². The lowest BCUT2D eigenvalue weighted by molar-refractivity contribution is 0.0658. The Kier molecular flexibility index (Phi) is 3.51. The second-order valence-corrected chi connectivity index (χ2v) is 5.98. The molecule has 1 amide bonds. The van der Waals surface area contributed by atoms with Gasteiger partial charge < -0.3 is 4.74 Å². The van der Waals surface area contributed by atoms with Crippen LogP contribution in [0.2, 0.25) is 0 Å². The molecular weight excluding hydrogens is 298 g/mol. The highest BCUT2D eigenvalue weighted by molar-refractivity contribution is 6.14. The minimum absolute atomic E-state index is 0.229. The summed E-state index contributed by atoms with van der Waals surface area (Å²) in [6.07, 6.45) is 6.67. The zero-order chi connectivity index (χ0) is 16.6. The number of hydrogen-bond donors (Lipinski definition) is 0. The van der Waals surface area contributed by atoms with E-state index in [1.54, 1.807) is 19.2 Å². The van der Waals surface area contributed by atoms with Gasteiger partial charge in [-0.05, 0) is 53.5 Å². The van der Waals surface area contributed by atoms with Gasteiger partial charge in [0.1, 0.15) is 5.60 Å². The average molecular weight is 315 g/mol. The molecule has 0 fully saturated rings. The predicted octanol–water partition coefficient (Wildman–Crippen LogP) is 3.86. The van der Waals surface area contributed by atoms with Gasteiger partial charge in [-0.1, -0.05) is 42.5 Å².